The maximum atomic E-state index is 13.6. The summed E-state index contributed by atoms with van der Waals surface area (Å²) >= 11 is 1.08. The zero-order valence-corrected chi connectivity index (χ0v) is 14.1. The molecule has 0 fully saturated rings. The molecule has 1 aromatic carbocycles. The predicted molar refractivity (Wildman–Crippen MR) is 82.9 cm³/mol. The second-order valence-corrected chi connectivity index (χ2v) is 6.82. The molecule has 1 amide bonds. The van der Waals surface area contributed by atoms with E-state index in [-0.39, 0.29) is 0 Å². The van der Waals surface area contributed by atoms with Gasteiger partial charge in [-0.25, -0.2) is 17.9 Å². The highest BCUT2D eigenvalue weighted by atomic mass is 32.2. The van der Waals surface area contributed by atoms with Gasteiger partial charge in [0.05, 0.1) is 10.9 Å². The Kier molecular flexibility index (Phi) is 5.81. The summed E-state index contributed by atoms with van der Waals surface area (Å²) in [7, 11) is 0. The van der Waals surface area contributed by atoms with E-state index < -0.39 is 34.3 Å². The van der Waals surface area contributed by atoms with Gasteiger partial charge in [0.15, 0.2) is 17.5 Å². The third kappa shape index (κ3) is 4.25. The maximum absolute atomic E-state index is 13.6. The third-order valence-electron chi connectivity index (χ3n) is 2.98. The minimum absolute atomic E-state index is 0.313. The van der Waals surface area contributed by atoms with Crippen LogP contribution in [0.3, 0.4) is 0 Å². The number of rotatable bonds is 6. The topological polar surface area (TPSA) is 72.7 Å². The van der Waals surface area contributed by atoms with Gasteiger partial charge in [0.2, 0.25) is 11.1 Å². The third-order valence-corrected chi connectivity index (χ3v) is 4.05. The number of aromatic nitrogens is 4. The number of nitrogens with one attached hydrogen (secondary N) is 1. The Morgan fingerprint density at radius 1 is 1.25 bits per heavy atom. The summed E-state index contributed by atoms with van der Waals surface area (Å²) in [6.07, 6.45) is 0. The number of nitrogens with zero attached hydrogens (tertiary/aromatic N) is 4. The molecule has 2 rings (SSSR count). The summed E-state index contributed by atoms with van der Waals surface area (Å²) in [6.45, 7) is 6.16. The molecule has 0 saturated heterocycles. The van der Waals surface area contributed by atoms with Crippen LogP contribution in [0.4, 0.5) is 18.9 Å². The number of halogens is 3. The molecule has 2 aromatic rings. The molecule has 0 bridgehead atoms. The molecule has 1 aromatic heterocycles. The van der Waals surface area contributed by atoms with Crippen molar-refractivity contribution in [3.63, 3.8) is 0 Å². The molecule has 0 aliphatic carbocycles. The lowest BCUT2D eigenvalue weighted by Gasteiger charge is -2.13. The van der Waals surface area contributed by atoms with Gasteiger partial charge in [-0.15, -0.1) is 5.10 Å². The molecule has 1 N–H and O–H groups in total. The quantitative estimate of drug-likeness (QED) is 0.634. The highest BCUT2D eigenvalue weighted by Gasteiger charge is 2.21. The van der Waals surface area contributed by atoms with Gasteiger partial charge in [0.25, 0.3) is 0 Å². The van der Waals surface area contributed by atoms with Crippen molar-refractivity contribution < 1.29 is 18.0 Å². The molecular weight excluding hydrogens is 343 g/mol. The molecule has 24 heavy (non-hydrogen) atoms. The summed E-state index contributed by atoms with van der Waals surface area (Å²) in [5.74, 6) is -4.66. The van der Waals surface area contributed by atoms with Crippen LogP contribution in [0.5, 0.6) is 0 Å². The number of hydrogen-bond donors (Lipinski definition) is 1. The Hall–Kier alpha value is -2.10. The number of carbonyl (C=O) groups excluding carboxylic acids is 1. The van der Waals surface area contributed by atoms with Gasteiger partial charge in [-0.05, 0) is 35.4 Å². The first kappa shape index (κ1) is 18.2. The fourth-order valence-electron chi connectivity index (χ4n) is 1.81. The van der Waals surface area contributed by atoms with E-state index in [1.54, 1.807) is 11.6 Å². The number of hydrogen-bond acceptors (Lipinski definition) is 5. The Labute approximate surface area is 140 Å². The zero-order chi connectivity index (χ0) is 17.9. The number of amides is 1. The molecule has 0 aliphatic rings. The van der Waals surface area contributed by atoms with Crippen molar-refractivity contribution in [1.29, 1.82) is 0 Å². The van der Waals surface area contributed by atoms with Crippen molar-refractivity contribution in [2.45, 2.75) is 37.7 Å². The Morgan fingerprint density at radius 3 is 2.62 bits per heavy atom. The Balaban J connectivity index is 2.06. The van der Waals surface area contributed by atoms with Crippen LogP contribution in [0.25, 0.3) is 0 Å². The number of anilines is 1. The highest BCUT2D eigenvalue weighted by Crippen LogP contribution is 2.24. The van der Waals surface area contributed by atoms with Gasteiger partial charge < -0.3 is 5.32 Å². The number of tetrazole rings is 1. The standard InChI is InChI=1S/C14H16F3N5OS/c1-7(2)6-22-14(19-20-21-22)24-8(3)13(23)18-10-5-4-9(15)11(16)12(10)17/h4-5,7-8H,6H2,1-3H3,(H,18,23). The van der Waals surface area contributed by atoms with Gasteiger partial charge >= 0.3 is 0 Å². The second-order valence-electron chi connectivity index (χ2n) is 5.51. The van der Waals surface area contributed by atoms with E-state index in [1.807, 2.05) is 13.8 Å². The minimum atomic E-state index is -1.63. The van der Waals surface area contributed by atoms with Crippen LogP contribution < -0.4 is 5.32 Å². The SMILES string of the molecule is CC(C)Cn1nnnc1SC(C)C(=O)Nc1ccc(F)c(F)c1F. The molecular formula is C14H16F3N5OS. The average Bonchev–Trinajstić information content (AvgIpc) is 2.94. The van der Waals surface area contributed by atoms with Crippen LogP contribution >= 0.6 is 11.8 Å². The summed E-state index contributed by atoms with van der Waals surface area (Å²) in [6, 6.07) is 1.71. The van der Waals surface area contributed by atoms with Crippen LogP contribution in [0.15, 0.2) is 17.3 Å². The lowest BCUT2D eigenvalue weighted by molar-refractivity contribution is -0.115. The van der Waals surface area contributed by atoms with Gasteiger partial charge in [-0.1, -0.05) is 25.6 Å². The number of benzene rings is 1. The van der Waals surface area contributed by atoms with Crippen LogP contribution in [-0.4, -0.2) is 31.4 Å². The molecule has 1 atom stereocenters. The second kappa shape index (κ2) is 7.65. The van der Waals surface area contributed by atoms with E-state index >= 15 is 0 Å². The van der Waals surface area contributed by atoms with Gasteiger partial charge in [0, 0.05) is 6.54 Å². The number of carbonyl (C=O) groups is 1. The van der Waals surface area contributed by atoms with E-state index in [4.69, 9.17) is 0 Å². The van der Waals surface area contributed by atoms with Gasteiger partial charge in [-0.3, -0.25) is 4.79 Å². The Bertz CT molecular complexity index is 737. The van der Waals surface area contributed by atoms with Gasteiger partial charge in [-0.2, -0.15) is 0 Å². The first-order valence-corrected chi connectivity index (χ1v) is 8.04. The first-order chi connectivity index (χ1) is 11.3. The van der Waals surface area contributed by atoms with Crippen LogP contribution in [-0.2, 0) is 11.3 Å². The Morgan fingerprint density at radius 2 is 1.96 bits per heavy atom. The van der Waals surface area contributed by atoms with Crippen LogP contribution in [0.1, 0.15) is 20.8 Å². The van der Waals surface area contributed by atoms with Gasteiger partial charge in [0.1, 0.15) is 0 Å². The zero-order valence-electron chi connectivity index (χ0n) is 13.3. The van der Waals surface area contributed by atoms with E-state index in [1.165, 1.54) is 0 Å². The highest BCUT2D eigenvalue weighted by molar-refractivity contribution is 8.00. The monoisotopic (exact) mass is 359 g/mol. The fourth-order valence-corrected chi connectivity index (χ4v) is 2.61. The van der Waals surface area contributed by atoms with Crippen molar-refractivity contribution in [1.82, 2.24) is 20.2 Å². The summed E-state index contributed by atoms with van der Waals surface area (Å²) in [5.41, 5.74) is -0.423. The lowest BCUT2D eigenvalue weighted by atomic mass is 10.2. The smallest absolute Gasteiger partial charge is 0.237 e. The molecule has 0 spiro atoms. The molecule has 6 nitrogen and oxygen atoms in total. The summed E-state index contributed by atoms with van der Waals surface area (Å²) in [4.78, 5) is 12.1. The molecule has 130 valence electrons. The first-order valence-electron chi connectivity index (χ1n) is 7.16. The molecule has 0 saturated carbocycles. The van der Waals surface area contributed by atoms with Crippen molar-refractivity contribution in [2.24, 2.45) is 5.92 Å². The van der Waals surface area contributed by atoms with Crippen molar-refractivity contribution in [2.75, 3.05) is 5.32 Å². The van der Waals surface area contributed by atoms with Crippen molar-refractivity contribution >= 4 is 23.4 Å². The normalized spacial score (nSPS) is 12.5. The fraction of sp³-hybridized carbons (Fsp3) is 0.429. The maximum Gasteiger partial charge on any atom is 0.237 e. The van der Waals surface area contributed by atoms with Crippen LogP contribution in [0, 0.1) is 23.4 Å². The molecule has 1 unspecified atom stereocenters. The molecule has 10 heteroatoms. The van der Waals surface area contributed by atoms with Crippen molar-refractivity contribution in [3.05, 3.63) is 29.6 Å². The summed E-state index contributed by atoms with van der Waals surface area (Å²) < 4.78 is 41.3. The van der Waals surface area contributed by atoms with E-state index in [0.717, 1.165) is 23.9 Å². The predicted octanol–water partition coefficient (Wildman–Crippen LogP) is 2.87. The van der Waals surface area contributed by atoms with Crippen LogP contribution in [0.2, 0.25) is 0 Å². The molecule has 0 radical (unpaired) electrons. The van der Waals surface area contributed by atoms with E-state index in [9.17, 15) is 18.0 Å². The van der Waals surface area contributed by atoms with Crippen molar-refractivity contribution in [3.8, 4) is 0 Å². The molecule has 0 aliphatic heterocycles. The lowest BCUT2D eigenvalue weighted by Crippen LogP contribution is -2.24. The van der Waals surface area contributed by atoms with E-state index in [0.29, 0.717) is 17.6 Å². The largest absolute Gasteiger partial charge is 0.323 e. The average molecular weight is 359 g/mol. The minimum Gasteiger partial charge on any atom is -0.323 e. The molecule has 1 heterocycles. The number of thioether (sulfide) groups is 1. The summed E-state index contributed by atoms with van der Waals surface area (Å²) in [5, 5.41) is 13.3. The van der Waals surface area contributed by atoms with E-state index in [2.05, 4.69) is 20.8 Å².